The van der Waals surface area contributed by atoms with Crippen LogP contribution in [0.15, 0.2) is 34.2 Å². The minimum absolute atomic E-state index is 0.0910. The van der Waals surface area contributed by atoms with Gasteiger partial charge < -0.3 is 15.6 Å². The molecule has 1 aliphatic rings. The first-order valence-corrected chi connectivity index (χ1v) is 5.47. The highest BCUT2D eigenvalue weighted by atomic mass is 32.2. The number of nitrogens with two attached hydrogens (primary N) is 1. The standard InChI is InChI=1S/C11H8N2O3S/c12-11-13-9(14)8(17-11)5-6-1-3-7(4-2-6)10(15)16/h1-5H,(H,15,16)(H2,12,13,14)/p-1/b8-5-. The van der Waals surface area contributed by atoms with E-state index < -0.39 is 5.97 Å². The summed E-state index contributed by atoms with van der Waals surface area (Å²) in [7, 11) is 0. The Hall–Kier alpha value is -2.08. The van der Waals surface area contributed by atoms with Gasteiger partial charge in [0.1, 0.15) is 0 Å². The molecule has 1 aromatic rings. The molecule has 0 aromatic heterocycles. The molecule has 0 radical (unpaired) electrons. The molecule has 0 spiro atoms. The van der Waals surface area contributed by atoms with Gasteiger partial charge >= 0.3 is 0 Å². The van der Waals surface area contributed by atoms with Crippen molar-refractivity contribution in [3.63, 3.8) is 0 Å². The fourth-order valence-corrected chi connectivity index (χ4v) is 1.97. The van der Waals surface area contributed by atoms with Crippen molar-refractivity contribution in [3.8, 4) is 0 Å². The number of thioether (sulfide) groups is 1. The lowest BCUT2D eigenvalue weighted by Crippen LogP contribution is -2.21. The Labute approximate surface area is 101 Å². The molecule has 1 aliphatic heterocycles. The average molecular weight is 247 g/mol. The lowest BCUT2D eigenvalue weighted by atomic mass is 10.1. The summed E-state index contributed by atoms with van der Waals surface area (Å²) < 4.78 is 0. The van der Waals surface area contributed by atoms with Crippen LogP contribution in [0.3, 0.4) is 0 Å². The summed E-state index contributed by atoms with van der Waals surface area (Å²) >= 11 is 1.09. The molecule has 2 rings (SSSR count). The van der Waals surface area contributed by atoms with Gasteiger partial charge in [0.15, 0.2) is 5.17 Å². The molecule has 0 fully saturated rings. The van der Waals surface area contributed by atoms with E-state index in [4.69, 9.17) is 5.73 Å². The molecule has 0 aliphatic carbocycles. The topological polar surface area (TPSA) is 95.6 Å². The van der Waals surface area contributed by atoms with Crippen molar-refractivity contribution in [2.45, 2.75) is 0 Å². The van der Waals surface area contributed by atoms with Crippen LogP contribution in [0, 0.1) is 0 Å². The summed E-state index contributed by atoms with van der Waals surface area (Å²) in [5.41, 5.74) is 6.19. The number of amidine groups is 1. The third-order valence-corrected chi connectivity index (χ3v) is 2.89. The molecule has 0 unspecified atom stereocenters. The summed E-state index contributed by atoms with van der Waals surface area (Å²) in [5, 5.41) is 10.7. The smallest absolute Gasteiger partial charge is 0.286 e. The molecule has 0 bridgehead atoms. The molecule has 0 saturated heterocycles. The van der Waals surface area contributed by atoms with E-state index in [0.717, 1.165) is 11.8 Å². The molecule has 86 valence electrons. The molecule has 0 saturated carbocycles. The van der Waals surface area contributed by atoms with Crippen LogP contribution in [0.5, 0.6) is 0 Å². The number of benzene rings is 1. The molecule has 5 nitrogen and oxygen atoms in total. The van der Waals surface area contributed by atoms with Crippen molar-refractivity contribution in [3.05, 3.63) is 40.3 Å². The first-order chi connectivity index (χ1) is 8.06. The van der Waals surface area contributed by atoms with Crippen LogP contribution >= 0.6 is 11.8 Å². The largest absolute Gasteiger partial charge is 0.545 e. The highest BCUT2D eigenvalue weighted by Crippen LogP contribution is 2.26. The van der Waals surface area contributed by atoms with E-state index in [1.54, 1.807) is 18.2 Å². The normalized spacial score (nSPS) is 17.3. The van der Waals surface area contributed by atoms with Gasteiger partial charge in [-0.15, -0.1) is 0 Å². The molecular weight excluding hydrogens is 240 g/mol. The Kier molecular flexibility index (Phi) is 2.97. The number of carbonyl (C=O) groups excluding carboxylic acids is 2. The van der Waals surface area contributed by atoms with E-state index >= 15 is 0 Å². The number of rotatable bonds is 2. The molecule has 1 heterocycles. The number of hydrogen-bond donors (Lipinski definition) is 1. The zero-order valence-electron chi connectivity index (χ0n) is 8.54. The van der Waals surface area contributed by atoms with Crippen molar-refractivity contribution in [2.75, 3.05) is 0 Å². The van der Waals surface area contributed by atoms with Gasteiger partial charge in [0.25, 0.3) is 5.91 Å². The monoisotopic (exact) mass is 247 g/mol. The predicted octanol–water partition coefficient (Wildman–Crippen LogP) is -0.0209. The zero-order chi connectivity index (χ0) is 12.4. The molecule has 1 aromatic carbocycles. The highest BCUT2D eigenvalue weighted by molar-refractivity contribution is 8.18. The van der Waals surface area contributed by atoms with Crippen molar-refractivity contribution >= 4 is 34.9 Å². The van der Waals surface area contributed by atoms with E-state index in [0.29, 0.717) is 10.5 Å². The minimum Gasteiger partial charge on any atom is -0.545 e. The Morgan fingerprint density at radius 2 is 2.00 bits per heavy atom. The fraction of sp³-hybridized carbons (Fsp3) is 0. The maximum absolute atomic E-state index is 11.3. The number of aliphatic imine (C=N–C) groups is 1. The lowest BCUT2D eigenvalue weighted by Gasteiger charge is -2.02. The number of carboxylic acids is 1. The quantitative estimate of drug-likeness (QED) is 0.741. The summed E-state index contributed by atoms with van der Waals surface area (Å²) in [6.07, 6.45) is 1.61. The van der Waals surface area contributed by atoms with E-state index in [2.05, 4.69) is 4.99 Å². The molecule has 17 heavy (non-hydrogen) atoms. The Bertz CT molecular complexity index is 546. The van der Waals surface area contributed by atoms with Crippen LogP contribution in [-0.2, 0) is 4.79 Å². The van der Waals surface area contributed by atoms with Gasteiger partial charge in [0.2, 0.25) is 0 Å². The van der Waals surface area contributed by atoms with Crippen LogP contribution in [0.4, 0.5) is 0 Å². The Morgan fingerprint density at radius 3 is 2.47 bits per heavy atom. The summed E-state index contributed by atoms with van der Waals surface area (Å²) in [6, 6.07) is 5.99. The van der Waals surface area contributed by atoms with Crippen molar-refractivity contribution in [1.29, 1.82) is 0 Å². The third-order valence-electron chi connectivity index (χ3n) is 2.08. The van der Waals surface area contributed by atoms with Gasteiger partial charge in [-0.1, -0.05) is 24.3 Å². The number of carboxylic acid groups (broad SMARTS) is 1. The number of hydrogen-bond acceptors (Lipinski definition) is 5. The van der Waals surface area contributed by atoms with Crippen LogP contribution in [0.25, 0.3) is 6.08 Å². The number of carbonyl (C=O) groups is 2. The van der Waals surface area contributed by atoms with Crippen molar-refractivity contribution in [1.82, 2.24) is 0 Å². The van der Waals surface area contributed by atoms with E-state index in [1.165, 1.54) is 12.1 Å². The lowest BCUT2D eigenvalue weighted by molar-refractivity contribution is -0.255. The van der Waals surface area contributed by atoms with E-state index in [9.17, 15) is 14.7 Å². The number of amides is 1. The van der Waals surface area contributed by atoms with Crippen LogP contribution in [0.1, 0.15) is 15.9 Å². The van der Waals surface area contributed by atoms with E-state index in [-0.39, 0.29) is 16.6 Å². The third kappa shape index (κ3) is 2.54. The van der Waals surface area contributed by atoms with Gasteiger partial charge in [-0.3, -0.25) is 4.79 Å². The maximum Gasteiger partial charge on any atom is 0.286 e. The van der Waals surface area contributed by atoms with Crippen LogP contribution in [-0.4, -0.2) is 17.0 Å². The van der Waals surface area contributed by atoms with Crippen molar-refractivity contribution in [2.24, 2.45) is 10.7 Å². The highest BCUT2D eigenvalue weighted by Gasteiger charge is 2.19. The van der Waals surface area contributed by atoms with Gasteiger partial charge in [0, 0.05) is 0 Å². The molecular formula is C11H7N2O3S-. The maximum atomic E-state index is 11.3. The second-order valence-electron chi connectivity index (χ2n) is 3.28. The molecule has 0 atom stereocenters. The summed E-state index contributed by atoms with van der Waals surface area (Å²) in [6.45, 7) is 0. The SMILES string of the molecule is NC1=NC(=O)/C(=C/c2ccc(C(=O)[O-])cc2)S1. The first kappa shape index (κ1) is 11.4. The molecule has 6 heteroatoms. The van der Waals surface area contributed by atoms with Crippen LogP contribution < -0.4 is 10.8 Å². The van der Waals surface area contributed by atoms with Gasteiger partial charge in [-0.25, -0.2) is 0 Å². The zero-order valence-corrected chi connectivity index (χ0v) is 9.36. The fourth-order valence-electron chi connectivity index (χ4n) is 1.29. The first-order valence-electron chi connectivity index (χ1n) is 4.66. The Morgan fingerprint density at radius 1 is 1.35 bits per heavy atom. The second-order valence-corrected chi connectivity index (χ2v) is 4.34. The van der Waals surface area contributed by atoms with Crippen molar-refractivity contribution < 1.29 is 14.7 Å². The summed E-state index contributed by atoms with van der Waals surface area (Å²) in [5.74, 6) is -1.61. The number of aromatic carboxylic acids is 1. The van der Waals surface area contributed by atoms with Gasteiger partial charge in [-0.05, 0) is 29.0 Å². The van der Waals surface area contributed by atoms with E-state index in [1.807, 2.05) is 0 Å². The Balaban J connectivity index is 2.23. The minimum atomic E-state index is -1.23. The predicted molar refractivity (Wildman–Crippen MR) is 63.0 cm³/mol. The van der Waals surface area contributed by atoms with Crippen LogP contribution in [0.2, 0.25) is 0 Å². The average Bonchev–Trinajstić information content (AvgIpc) is 2.58. The van der Waals surface area contributed by atoms with Gasteiger partial charge in [0.05, 0.1) is 10.9 Å². The molecule has 1 amide bonds. The number of nitrogens with zero attached hydrogens (tertiary/aromatic N) is 1. The summed E-state index contributed by atoms with van der Waals surface area (Å²) in [4.78, 5) is 25.8. The second kappa shape index (κ2) is 4.42. The van der Waals surface area contributed by atoms with Gasteiger partial charge in [-0.2, -0.15) is 4.99 Å². The molecule has 2 N–H and O–H groups in total.